The predicted octanol–water partition coefficient (Wildman–Crippen LogP) is 7.96. The highest BCUT2D eigenvalue weighted by Gasteiger charge is 2.38. The Kier molecular flexibility index (Phi) is 7.50. The summed E-state index contributed by atoms with van der Waals surface area (Å²) in [5.74, 6) is 1.97. The smallest absolute Gasteiger partial charge is 0.198 e. The van der Waals surface area contributed by atoms with E-state index < -0.39 is 11.6 Å². The first-order chi connectivity index (χ1) is 23.3. The number of fused-ring (bicyclic) bond motifs is 2. The Hall–Kier alpha value is -6.94. The SMILES string of the molecule is Nc1cc(Oc2cccc(Oc3ccccc3)c2)c(N)c2c1C(=O)c1c(N)c(Oc3cccc(Oc4ccccc4)c3)cc(N)c1C2=O. The number of nitrogens with two attached hydrogens (primary N) is 4. The van der Waals surface area contributed by atoms with Crippen LogP contribution in [0.5, 0.6) is 46.0 Å². The van der Waals surface area contributed by atoms with Crippen molar-refractivity contribution in [2.75, 3.05) is 22.9 Å². The van der Waals surface area contributed by atoms with Gasteiger partial charge in [-0.15, -0.1) is 0 Å². The summed E-state index contributed by atoms with van der Waals surface area (Å²) in [6.45, 7) is 0. The van der Waals surface area contributed by atoms with Crippen LogP contribution in [0.15, 0.2) is 121 Å². The summed E-state index contributed by atoms with van der Waals surface area (Å²) >= 11 is 0. The van der Waals surface area contributed by atoms with E-state index in [1.807, 2.05) is 60.7 Å². The third kappa shape index (κ3) is 5.54. The lowest BCUT2D eigenvalue weighted by Crippen LogP contribution is -2.26. The van der Waals surface area contributed by atoms with Crippen LogP contribution >= 0.6 is 0 Å². The molecule has 0 fully saturated rings. The highest BCUT2D eigenvalue weighted by Crippen LogP contribution is 2.46. The normalized spacial score (nSPS) is 11.8. The van der Waals surface area contributed by atoms with E-state index in [4.69, 9.17) is 41.9 Å². The van der Waals surface area contributed by atoms with Crippen LogP contribution in [0.1, 0.15) is 31.8 Å². The number of hydrogen-bond donors (Lipinski definition) is 4. The number of rotatable bonds is 8. The maximum Gasteiger partial charge on any atom is 0.198 e. The quantitative estimate of drug-likeness (QED) is 0.120. The lowest BCUT2D eigenvalue weighted by molar-refractivity contribution is 0.0981. The van der Waals surface area contributed by atoms with Crippen LogP contribution in [0.2, 0.25) is 0 Å². The molecule has 0 heterocycles. The van der Waals surface area contributed by atoms with E-state index in [1.54, 1.807) is 48.5 Å². The van der Waals surface area contributed by atoms with E-state index >= 15 is 0 Å². The summed E-state index contributed by atoms with van der Waals surface area (Å²) in [7, 11) is 0. The van der Waals surface area contributed by atoms with E-state index in [2.05, 4.69) is 0 Å². The average molecular weight is 637 g/mol. The molecule has 6 aromatic carbocycles. The molecule has 236 valence electrons. The van der Waals surface area contributed by atoms with E-state index in [9.17, 15) is 9.59 Å². The van der Waals surface area contributed by atoms with Crippen molar-refractivity contribution >= 4 is 34.3 Å². The van der Waals surface area contributed by atoms with Gasteiger partial charge >= 0.3 is 0 Å². The van der Waals surface area contributed by atoms with Crippen molar-refractivity contribution in [2.24, 2.45) is 0 Å². The van der Waals surface area contributed by atoms with Crippen molar-refractivity contribution in [3.05, 3.63) is 144 Å². The van der Waals surface area contributed by atoms with Crippen LogP contribution in [0.3, 0.4) is 0 Å². The van der Waals surface area contributed by atoms with Gasteiger partial charge in [0.2, 0.25) is 0 Å². The van der Waals surface area contributed by atoms with E-state index in [-0.39, 0.29) is 56.5 Å². The van der Waals surface area contributed by atoms with Gasteiger partial charge in [0.05, 0.1) is 33.6 Å². The first kappa shape index (κ1) is 29.8. The van der Waals surface area contributed by atoms with Crippen molar-refractivity contribution < 1.29 is 28.5 Å². The summed E-state index contributed by atoms with van der Waals surface area (Å²) in [5, 5.41) is 0. The van der Waals surface area contributed by atoms with Gasteiger partial charge in [-0.1, -0.05) is 48.5 Å². The van der Waals surface area contributed by atoms with Crippen molar-refractivity contribution in [3.63, 3.8) is 0 Å². The molecule has 0 atom stereocenters. The lowest BCUT2D eigenvalue weighted by Gasteiger charge is -2.25. The van der Waals surface area contributed by atoms with Gasteiger partial charge in [-0.2, -0.15) is 0 Å². The molecule has 1 aliphatic carbocycles. The third-order valence-corrected chi connectivity index (χ3v) is 7.65. The second-order valence-electron chi connectivity index (χ2n) is 10.9. The van der Waals surface area contributed by atoms with Crippen LogP contribution < -0.4 is 41.9 Å². The fourth-order valence-electron chi connectivity index (χ4n) is 5.47. The highest BCUT2D eigenvalue weighted by molar-refractivity contribution is 6.35. The molecule has 0 saturated heterocycles. The maximum absolute atomic E-state index is 14.0. The fourth-order valence-corrected chi connectivity index (χ4v) is 5.47. The molecule has 0 aromatic heterocycles. The van der Waals surface area contributed by atoms with Crippen LogP contribution in [0.25, 0.3) is 0 Å². The van der Waals surface area contributed by atoms with Gasteiger partial charge in [-0.05, 0) is 48.5 Å². The number of ketones is 2. The molecule has 0 aliphatic heterocycles. The molecule has 0 spiro atoms. The van der Waals surface area contributed by atoms with Gasteiger partial charge in [0, 0.05) is 35.6 Å². The van der Waals surface area contributed by atoms with Gasteiger partial charge in [-0.25, -0.2) is 0 Å². The molecule has 6 aromatic rings. The molecule has 0 radical (unpaired) electrons. The van der Waals surface area contributed by atoms with E-state index in [0.717, 1.165) is 0 Å². The monoisotopic (exact) mass is 636 g/mol. The molecule has 0 amide bonds. The maximum atomic E-state index is 14.0. The molecule has 0 saturated carbocycles. The lowest BCUT2D eigenvalue weighted by atomic mass is 9.80. The number of para-hydroxylation sites is 2. The Labute approximate surface area is 275 Å². The minimum absolute atomic E-state index is 0.0232. The molecule has 8 N–H and O–H groups in total. The molecular weight excluding hydrogens is 608 g/mol. The topological polar surface area (TPSA) is 175 Å². The number of hydrogen-bond acceptors (Lipinski definition) is 10. The second kappa shape index (κ2) is 12.1. The van der Waals surface area contributed by atoms with Gasteiger partial charge in [0.15, 0.2) is 23.1 Å². The minimum Gasteiger partial charge on any atom is -0.457 e. The largest absolute Gasteiger partial charge is 0.457 e. The van der Waals surface area contributed by atoms with E-state index in [1.165, 1.54) is 12.1 Å². The summed E-state index contributed by atoms with van der Waals surface area (Å²) in [6, 6.07) is 35.0. The summed E-state index contributed by atoms with van der Waals surface area (Å²) in [6.07, 6.45) is 0. The van der Waals surface area contributed by atoms with Gasteiger partial charge < -0.3 is 41.9 Å². The molecule has 48 heavy (non-hydrogen) atoms. The molecule has 10 heteroatoms. The van der Waals surface area contributed by atoms with Crippen LogP contribution in [-0.2, 0) is 0 Å². The van der Waals surface area contributed by atoms with Crippen molar-refractivity contribution in [3.8, 4) is 46.0 Å². The Morgan fingerprint density at radius 3 is 1.06 bits per heavy atom. The summed E-state index contributed by atoms with van der Waals surface area (Å²) in [4.78, 5) is 28.0. The van der Waals surface area contributed by atoms with Crippen LogP contribution in [0, 0.1) is 0 Å². The molecule has 0 bridgehead atoms. The Morgan fingerprint density at radius 1 is 0.354 bits per heavy atom. The molecule has 7 rings (SSSR count). The molecule has 0 unspecified atom stereocenters. The van der Waals surface area contributed by atoms with Gasteiger partial charge in [-0.3, -0.25) is 9.59 Å². The van der Waals surface area contributed by atoms with Crippen LogP contribution in [-0.4, -0.2) is 11.6 Å². The minimum atomic E-state index is -0.621. The molecule has 10 nitrogen and oxygen atoms in total. The van der Waals surface area contributed by atoms with E-state index in [0.29, 0.717) is 34.5 Å². The number of nitrogen functional groups attached to an aromatic ring is 4. The standard InChI is InChI=1S/C38H28N4O6/c39-27-19-29(47-25-15-7-13-23(17-25)45-21-9-3-1-4-10-21)35(41)33-31(27)38(44)34-32(37(33)43)28(40)20-30(36(34)42)48-26-16-8-14-24(18-26)46-22-11-5-2-6-12-22/h1-20H,39-42H2. The zero-order valence-corrected chi connectivity index (χ0v) is 25.3. The Morgan fingerprint density at radius 2 is 0.688 bits per heavy atom. The molecular formula is C38H28N4O6. The van der Waals surface area contributed by atoms with Crippen molar-refractivity contribution in [2.45, 2.75) is 0 Å². The Balaban J connectivity index is 1.19. The zero-order valence-electron chi connectivity index (χ0n) is 25.3. The summed E-state index contributed by atoms with van der Waals surface area (Å²) in [5.41, 5.74) is 25.1. The predicted molar refractivity (Wildman–Crippen MR) is 183 cm³/mol. The van der Waals surface area contributed by atoms with Crippen LogP contribution in [0.4, 0.5) is 22.7 Å². The van der Waals surface area contributed by atoms with Gasteiger partial charge in [0.1, 0.15) is 34.5 Å². The first-order valence-corrected chi connectivity index (χ1v) is 14.8. The van der Waals surface area contributed by atoms with Crippen molar-refractivity contribution in [1.29, 1.82) is 0 Å². The summed E-state index contributed by atoms with van der Waals surface area (Å²) < 4.78 is 23.9. The molecule has 1 aliphatic rings. The first-order valence-electron chi connectivity index (χ1n) is 14.8. The highest BCUT2D eigenvalue weighted by atomic mass is 16.5. The van der Waals surface area contributed by atoms with Gasteiger partial charge in [0.25, 0.3) is 0 Å². The fraction of sp³-hybridized carbons (Fsp3) is 0. The second-order valence-corrected chi connectivity index (χ2v) is 10.9. The Bertz CT molecular complexity index is 2060. The number of anilines is 4. The average Bonchev–Trinajstić information content (AvgIpc) is 3.08. The number of carbonyl (C=O) groups excluding carboxylic acids is 2. The third-order valence-electron chi connectivity index (χ3n) is 7.65. The number of carbonyl (C=O) groups is 2. The van der Waals surface area contributed by atoms with Crippen molar-refractivity contribution in [1.82, 2.24) is 0 Å². The zero-order chi connectivity index (χ0) is 33.4. The number of benzene rings is 6. The number of ether oxygens (including phenoxy) is 4.